The van der Waals surface area contributed by atoms with E-state index < -0.39 is 40.0 Å². The second-order valence-electron chi connectivity index (χ2n) is 22.5. The van der Waals surface area contributed by atoms with Crippen LogP contribution in [0.25, 0.3) is 0 Å². The Morgan fingerprint density at radius 2 is 0.724 bits per heavy atom. The van der Waals surface area contributed by atoms with Crippen LogP contribution in [-0.4, -0.2) is 162 Å². The van der Waals surface area contributed by atoms with Crippen molar-refractivity contribution in [2.24, 2.45) is 21.5 Å². The van der Waals surface area contributed by atoms with Crippen molar-refractivity contribution in [2.75, 3.05) is 26.2 Å². The van der Waals surface area contributed by atoms with Gasteiger partial charge in [0.05, 0.1) is 70.2 Å². The van der Waals surface area contributed by atoms with Crippen LogP contribution in [0, 0.1) is 0 Å². The summed E-state index contributed by atoms with van der Waals surface area (Å²) in [5, 5.41) is 37.0. The summed E-state index contributed by atoms with van der Waals surface area (Å²) in [5.41, 5.74) is 23.0. The number of imide groups is 2. The van der Waals surface area contributed by atoms with Crippen molar-refractivity contribution in [3.63, 3.8) is 0 Å². The van der Waals surface area contributed by atoms with Crippen molar-refractivity contribution in [3.05, 3.63) is 189 Å². The van der Waals surface area contributed by atoms with Gasteiger partial charge >= 0.3 is 28.2 Å². The summed E-state index contributed by atoms with van der Waals surface area (Å²) >= 11 is 0. The number of pyridine rings is 4. The molecule has 0 spiro atoms. The maximum Gasteiger partial charge on any atom is 0.367 e. The van der Waals surface area contributed by atoms with E-state index in [9.17, 15) is 38.8 Å². The van der Waals surface area contributed by atoms with Crippen molar-refractivity contribution in [2.45, 2.75) is 184 Å². The predicted octanol–water partition coefficient (Wildman–Crippen LogP) is 10.0. The van der Waals surface area contributed by atoms with Crippen molar-refractivity contribution in [1.82, 2.24) is 39.2 Å². The van der Waals surface area contributed by atoms with E-state index in [4.69, 9.17) is 21.5 Å². The number of aliphatic imine (C=N–C) groups is 2. The Balaban J connectivity index is 0.000000308. The predicted molar refractivity (Wildman–Crippen MR) is 395 cm³/mol. The molecule has 4 amide bonds. The third-order valence-electron chi connectivity index (χ3n) is 16.2. The van der Waals surface area contributed by atoms with E-state index in [1.54, 1.807) is 85.5 Å². The molecule has 12 rings (SSSR count). The van der Waals surface area contributed by atoms with Gasteiger partial charge in [0.2, 0.25) is 0 Å². The van der Waals surface area contributed by atoms with Gasteiger partial charge in [0.15, 0.2) is 0 Å². The first-order valence-electron chi connectivity index (χ1n) is 34.8. The normalized spacial score (nSPS) is 17.0. The first kappa shape index (κ1) is 84.2. The van der Waals surface area contributed by atoms with Gasteiger partial charge in [0, 0.05) is 62.4 Å². The topological polar surface area (TPSA) is 325 Å². The molecule has 0 bridgehead atoms. The van der Waals surface area contributed by atoms with E-state index in [0.717, 1.165) is 91.9 Å². The molecule has 8 N–H and O–H groups in total. The third-order valence-corrected chi connectivity index (χ3v) is 16.2. The second kappa shape index (κ2) is 46.3. The van der Waals surface area contributed by atoms with E-state index in [2.05, 4.69) is 54.2 Å². The average molecular weight is 1340 g/mol. The highest BCUT2D eigenvalue weighted by molar-refractivity contribution is 6.64. The van der Waals surface area contributed by atoms with Crippen LogP contribution in [0.2, 0.25) is 27.3 Å². The molecule has 26 heteroatoms. The molecule has 6 heterocycles. The fourth-order valence-corrected chi connectivity index (χ4v) is 11.5. The number of amides is 4. The van der Waals surface area contributed by atoms with Gasteiger partial charge in [-0.2, -0.15) is 0 Å². The maximum absolute atomic E-state index is 12.3. The van der Waals surface area contributed by atoms with Gasteiger partial charge in [-0.3, -0.25) is 58.9 Å². The number of aldehydes is 2. The highest BCUT2D eigenvalue weighted by atomic mass is 16.2. The van der Waals surface area contributed by atoms with Crippen molar-refractivity contribution < 1.29 is 48.9 Å². The molecule has 0 saturated heterocycles. The van der Waals surface area contributed by atoms with Gasteiger partial charge in [-0.1, -0.05) is 104 Å². The summed E-state index contributed by atoms with van der Waals surface area (Å²) in [6.45, 7) is 22.8. The molecule has 4 aliphatic carbocycles. The minimum Gasteiger partial charge on any atom is -0.438 e. The quantitative estimate of drug-likeness (QED) is 0.0255. The molecule has 22 nitrogen and oxygen atoms in total. The zero-order valence-electron chi connectivity index (χ0n) is 59.7. The number of aryl methyl sites for hydroxylation is 4. The number of aromatic nitrogens is 4. The molecule has 6 aliphatic rings. The summed E-state index contributed by atoms with van der Waals surface area (Å²) in [6, 6.07) is 30.3. The lowest BCUT2D eigenvalue weighted by Crippen LogP contribution is -2.47. The molecule has 2 aliphatic heterocycles. The Bertz CT molecular complexity index is 3320. The fourth-order valence-electron chi connectivity index (χ4n) is 11.5. The van der Waals surface area contributed by atoms with Gasteiger partial charge in [0.1, 0.15) is 12.6 Å². The first-order chi connectivity index (χ1) is 47.4. The van der Waals surface area contributed by atoms with Crippen LogP contribution >= 0.6 is 0 Å². The van der Waals surface area contributed by atoms with Crippen molar-refractivity contribution in [3.8, 4) is 0 Å². The number of hydrogen-bond donors (Lipinski definition) is 6. The van der Waals surface area contributed by atoms with E-state index in [1.165, 1.54) is 58.4 Å². The molecular formula is C72H104B4N12O10. The van der Waals surface area contributed by atoms with Crippen molar-refractivity contribution >= 4 is 76.8 Å². The number of nitrogens with zero attached hydrogens (tertiary/aromatic N) is 10. The number of nitrogens with two attached hydrogens (primary N) is 2. The lowest BCUT2D eigenvalue weighted by molar-refractivity contribution is -0.108. The number of rotatable bonds is 14. The summed E-state index contributed by atoms with van der Waals surface area (Å²) in [6.07, 6.45) is 25.0. The maximum atomic E-state index is 12.3. The zero-order chi connectivity index (χ0) is 72.7. The number of benzene rings is 2. The Kier molecular flexibility index (Phi) is 39.7. The average Bonchev–Trinajstić information content (AvgIpc) is 1.56. The first-order valence-corrected chi connectivity index (χ1v) is 34.8. The van der Waals surface area contributed by atoms with Gasteiger partial charge in [-0.05, 0) is 175 Å². The highest BCUT2D eigenvalue weighted by Gasteiger charge is 2.36. The molecule has 0 fully saturated rings. The SMILES string of the molecule is CB(O)N(CC=NC1CCCc2cccnc21)B(C)O.CB(O)N(CC=O)B(C)O.CC.CC.CC.CC.NC1CCCc2cccnc21.NC1CCCc2cccnc21.O=C1c2ccccc2C(=O)N1CC=NC1CCCc2cccnc21.O=CCN1C(=O)c2ccccc2C1=O. The van der Waals surface area contributed by atoms with E-state index in [1.807, 2.05) is 98.2 Å². The minimum absolute atomic E-state index is 0.0186. The van der Waals surface area contributed by atoms with Crippen molar-refractivity contribution in [1.29, 1.82) is 0 Å². The summed E-state index contributed by atoms with van der Waals surface area (Å²) in [5.74, 6) is -1.27. The van der Waals surface area contributed by atoms with Crippen LogP contribution in [-0.2, 0) is 35.3 Å². The van der Waals surface area contributed by atoms with Crippen LogP contribution in [0.1, 0.15) is 217 Å². The molecule has 524 valence electrons. The molecule has 4 atom stereocenters. The van der Waals surface area contributed by atoms with Crippen LogP contribution < -0.4 is 11.5 Å². The standard InChI is InChI=1S/C19H17N3O2.C13H21B2N3O2.C10H7NO3.2C9H12N2.C4H11B2NO3.4C2H6/c23-18-14-7-1-2-8-15(14)19(24)22(18)12-11-20-16-9-3-5-13-6-4-10-21-17(13)16;1-14(19)18(15(2)20)10-9-16-12-7-3-5-11-6-4-8-17-13(11)12;12-6-5-11-9(13)7-3-1-2-4-8(7)10(11)14;2*10-8-5-1-3-7-4-2-6-11-9(7)8;1-5(9)7(3-4-8)6(2)10;4*1-2/h1-2,4,6-8,10-11,16H,3,5,9,12H2;4,6,8-9,12,19-20H,3,5,7,10H2,1-2H3;1-4,6H,5H2;2*2,4,6,8H,1,3,5,10H2;4,9-10H,3H2,1-2H3;4*1-2H3. The fraction of sp³-hybridized carbons (Fsp3) is 0.444. The smallest absolute Gasteiger partial charge is 0.367 e. The molecule has 4 aromatic heterocycles. The Labute approximate surface area is 582 Å². The van der Waals surface area contributed by atoms with E-state index >= 15 is 0 Å². The summed E-state index contributed by atoms with van der Waals surface area (Å²) in [4.78, 5) is 96.7. The van der Waals surface area contributed by atoms with E-state index in [-0.39, 0.29) is 55.6 Å². The molecule has 2 aromatic carbocycles. The van der Waals surface area contributed by atoms with Crippen LogP contribution in [0.15, 0.2) is 132 Å². The molecule has 4 unspecified atom stereocenters. The highest BCUT2D eigenvalue weighted by Crippen LogP contribution is 2.33. The van der Waals surface area contributed by atoms with Crippen LogP contribution in [0.4, 0.5) is 0 Å². The number of carbonyl (C=O) groups excluding carboxylic acids is 6. The largest absolute Gasteiger partial charge is 0.438 e. The number of hydrogen-bond acceptors (Lipinski definition) is 20. The number of carbonyl (C=O) groups is 6. The zero-order valence-corrected chi connectivity index (χ0v) is 59.7. The molecule has 98 heavy (non-hydrogen) atoms. The Morgan fingerprint density at radius 1 is 0.429 bits per heavy atom. The second-order valence-corrected chi connectivity index (χ2v) is 22.5. The third kappa shape index (κ3) is 24.7. The molecular weight excluding hydrogens is 1240 g/mol. The van der Waals surface area contributed by atoms with Gasteiger partial charge in [-0.25, -0.2) is 0 Å². The Hall–Kier alpha value is -8.06. The monoisotopic (exact) mass is 1340 g/mol. The lowest BCUT2D eigenvalue weighted by Gasteiger charge is -2.23. The molecule has 0 radical (unpaired) electrons. The minimum atomic E-state index is -0.787. The molecule has 0 saturated carbocycles. The van der Waals surface area contributed by atoms with Gasteiger partial charge < -0.3 is 50.6 Å². The number of fused-ring (bicyclic) bond motifs is 6. The van der Waals surface area contributed by atoms with Gasteiger partial charge in [0.25, 0.3) is 23.6 Å². The van der Waals surface area contributed by atoms with Gasteiger partial charge in [-0.15, -0.1) is 0 Å². The Morgan fingerprint density at radius 3 is 1.03 bits per heavy atom. The lowest BCUT2D eigenvalue weighted by atomic mass is 9.69. The van der Waals surface area contributed by atoms with Crippen LogP contribution in [0.3, 0.4) is 0 Å². The van der Waals surface area contributed by atoms with Crippen LogP contribution in [0.5, 0.6) is 0 Å². The summed E-state index contributed by atoms with van der Waals surface area (Å²) in [7, 11) is -2.97. The molecule has 6 aromatic rings. The summed E-state index contributed by atoms with van der Waals surface area (Å²) < 4.78 is 2.82. The van der Waals surface area contributed by atoms with E-state index in [0.29, 0.717) is 41.4 Å².